The van der Waals surface area contributed by atoms with Crippen molar-refractivity contribution in [1.82, 2.24) is 5.32 Å². The zero-order chi connectivity index (χ0) is 12.2. The molecule has 1 rings (SSSR count). The Morgan fingerprint density at radius 2 is 2.25 bits per heavy atom. The van der Waals surface area contributed by atoms with Gasteiger partial charge >= 0.3 is 5.97 Å². The van der Waals surface area contributed by atoms with E-state index in [-0.39, 0.29) is 19.3 Å². The molecule has 4 N–H and O–H groups in total. The Bertz CT molecular complexity index is 243. The molecule has 0 aromatic rings. The van der Waals surface area contributed by atoms with Crippen molar-refractivity contribution < 1.29 is 24.9 Å². The second-order valence-corrected chi connectivity index (χ2v) is 4.45. The largest absolute Gasteiger partial charge is 0.479 e. The second kappa shape index (κ2) is 5.58. The number of aliphatic hydroxyl groups is 2. The average molecular weight is 233 g/mol. The highest BCUT2D eigenvalue weighted by Gasteiger charge is 2.30. The maximum absolute atomic E-state index is 10.6. The standard InChI is InChI=1S/C10H19NO5/c1-10(15,6-12)5-11-4-7-2-3-8(16-7)9(13)14/h7-8,11-12,15H,2-6H2,1H3,(H,13,14). The number of carbonyl (C=O) groups is 1. The van der Waals surface area contributed by atoms with E-state index in [2.05, 4.69) is 5.32 Å². The molecule has 0 aromatic carbocycles. The number of ether oxygens (including phenoxy) is 1. The molecule has 6 heteroatoms. The van der Waals surface area contributed by atoms with Crippen molar-refractivity contribution in [2.24, 2.45) is 0 Å². The number of aliphatic hydroxyl groups excluding tert-OH is 1. The highest BCUT2D eigenvalue weighted by Crippen LogP contribution is 2.19. The van der Waals surface area contributed by atoms with Crippen LogP contribution in [0.3, 0.4) is 0 Å². The van der Waals surface area contributed by atoms with Crippen LogP contribution in [-0.2, 0) is 9.53 Å². The van der Waals surface area contributed by atoms with Crippen LogP contribution in [0.1, 0.15) is 19.8 Å². The van der Waals surface area contributed by atoms with Gasteiger partial charge < -0.3 is 25.4 Å². The van der Waals surface area contributed by atoms with Gasteiger partial charge in [0.15, 0.2) is 6.10 Å². The predicted octanol–water partition coefficient (Wildman–Crippen LogP) is -1.05. The molecule has 1 aliphatic rings. The van der Waals surface area contributed by atoms with E-state index < -0.39 is 17.7 Å². The van der Waals surface area contributed by atoms with Crippen LogP contribution in [0.2, 0.25) is 0 Å². The molecular weight excluding hydrogens is 214 g/mol. The fourth-order valence-electron chi connectivity index (χ4n) is 1.60. The minimum absolute atomic E-state index is 0.129. The molecule has 16 heavy (non-hydrogen) atoms. The summed E-state index contributed by atoms with van der Waals surface area (Å²) in [4.78, 5) is 10.6. The number of rotatable bonds is 6. The van der Waals surface area contributed by atoms with Gasteiger partial charge in [-0.3, -0.25) is 0 Å². The molecule has 1 heterocycles. The lowest BCUT2D eigenvalue weighted by Crippen LogP contribution is -2.43. The first-order chi connectivity index (χ1) is 7.44. The summed E-state index contributed by atoms with van der Waals surface area (Å²) >= 11 is 0. The minimum atomic E-state index is -1.15. The van der Waals surface area contributed by atoms with Crippen LogP contribution in [-0.4, -0.2) is 58.8 Å². The van der Waals surface area contributed by atoms with E-state index in [1.54, 1.807) is 0 Å². The molecule has 0 radical (unpaired) electrons. The molecule has 1 aliphatic heterocycles. The zero-order valence-electron chi connectivity index (χ0n) is 9.35. The number of carboxylic acids is 1. The highest BCUT2D eigenvalue weighted by molar-refractivity contribution is 5.72. The third-order valence-corrected chi connectivity index (χ3v) is 2.60. The van der Waals surface area contributed by atoms with Gasteiger partial charge in [-0.15, -0.1) is 0 Å². The summed E-state index contributed by atoms with van der Waals surface area (Å²) in [5, 5.41) is 29.9. The molecule has 94 valence electrons. The predicted molar refractivity (Wildman–Crippen MR) is 56.1 cm³/mol. The van der Waals surface area contributed by atoms with Gasteiger partial charge in [-0.2, -0.15) is 0 Å². The molecule has 1 fully saturated rings. The van der Waals surface area contributed by atoms with E-state index in [0.29, 0.717) is 19.4 Å². The van der Waals surface area contributed by atoms with E-state index in [1.165, 1.54) is 6.92 Å². The van der Waals surface area contributed by atoms with E-state index in [4.69, 9.17) is 14.9 Å². The van der Waals surface area contributed by atoms with Crippen LogP contribution in [0, 0.1) is 0 Å². The first-order valence-electron chi connectivity index (χ1n) is 5.37. The van der Waals surface area contributed by atoms with E-state index >= 15 is 0 Å². The summed E-state index contributed by atoms with van der Waals surface area (Å²) in [6.07, 6.45) is 0.393. The van der Waals surface area contributed by atoms with Crippen molar-refractivity contribution in [3.05, 3.63) is 0 Å². The lowest BCUT2D eigenvalue weighted by molar-refractivity contribution is -0.149. The van der Waals surface area contributed by atoms with Gasteiger partial charge in [-0.25, -0.2) is 4.79 Å². The average Bonchev–Trinajstić information content (AvgIpc) is 2.66. The van der Waals surface area contributed by atoms with Crippen molar-refractivity contribution in [3.8, 4) is 0 Å². The Labute approximate surface area is 94.2 Å². The van der Waals surface area contributed by atoms with Crippen LogP contribution in [0.15, 0.2) is 0 Å². The smallest absolute Gasteiger partial charge is 0.332 e. The molecule has 0 saturated carbocycles. The Hall–Kier alpha value is -0.690. The minimum Gasteiger partial charge on any atom is -0.479 e. The number of aliphatic carboxylic acids is 1. The van der Waals surface area contributed by atoms with Crippen LogP contribution in [0.5, 0.6) is 0 Å². The Balaban J connectivity index is 2.18. The quantitative estimate of drug-likeness (QED) is 0.467. The first kappa shape index (κ1) is 13.4. The molecule has 0 aliphatic carbocycles. The molecule has 0 bridgehead atoms. The van der Waals surface area contributed by atoms with Crippen molar-refractivity contribution in [3.63, 3.8) is 0 Å². The third kappa shape index (κ3) is 4.05. The number of hydrogen-bond donors (Lipinski definition) is 4. The molecule has 0 amide bonds. The third-order valence-electron chi connectivity index (χ3n) is 2.60. The second-order valence-electron chi connectivity index (χ2n) is 4.45. The fourth-order valence-corrected chi connectivity index (χ4v) is 1.60. The first-order valence-corrected chi connectivity index (χ1v) is 5.37. The SMILES string of the molecule is CC(O)(CO)CNCC1CCC(C(=O)O)O1. The summed E-state index contributed by atoms with van der Waals surface area (Å²) in [6, 6.07) is 0. The maximum Gasteiger partial charge on any atom is 0.332 e. The highest BCUT2D eigenvalue weighted by atomic mass is 16.5. The topological polar surface area (TPSA) is 99.0 Å². The van der Waals surface area contributed by atoms with Gasteiger partial charge in [-0.05, 0) is 19.8 Å². The summed E-state index contributed by atoms with van der Waals surface area (Å²) < 4.78 is 5.27. The van der Waals surface area contributed by atoms with Gasteiger partial charge in [0.2, 0.25) is 0 Å². The van der Waals surface area contributed by atoms with Crippen molar-refractivity contribution in [2.45, 2.75) is 37.6 Å². The maximum atomic E-state index is 10.6. The van der Waals surface area contributed by atoms with E-state index in [1.807, 2.05) is 0 Å². The summed E-state index contributed by atoms with van der Waals surface area (Å²) in [7, 11) is 0. The molecule has 3 unspecified atom stereocenters. The number of hydrogen-bond acceptors (Lipinski definition) is 5. The number of carboxylic acid groups (broad SMARTS) is 1. The summed E-state index contributed by atoms with van der Waals surface area (Å²) in [6.45, 7) is 1.94. The Kier molecular flexibility index (Phi) is 4.67. The van der Waals surface area contributed by atoms with E-state index in [0.717, 1.165) is 0 Å². The van der Waals surface area contributed by atoms with Crippen LogP contribution >= 0.6 is 0 Å². The van der Waals surface area contributed by atoms with Gasteiger partial charge in [0, 0.05) is 13.1 Å². The summed E-state index contributed by atoms with van der Waals surface area (Å²) in [5.74, 6) is -0.926. The fraction of sp³-hybridized carbons (Fsp3) is 0.900. The number of nitrogens with one attached hydrogen (secondary N) is 1. The lowest BCUT2D eigenvalue weighted by atomic mass is 10.1. The normalized spacial score (nSPS) is 28.9. The monoisotopic (exact) mass is 233 g/mol. The Morgan fingerprint density at radius 1 is 1.56 bits per heavy atom. The molecule has 6 nitrogen and oxygen atoms in total. The van der Waals surface area contributed by atoms with Gasteiger partial charge in [-0.1, -0.05) is 0 Å². The van der Waals surface area contributed by atoms with E-state index in [9.17, 15) is 9.90 Å². The van der Waals surface area contributed by atoms with Crippen molar-refractivity contribution in [2.75, 3.05) is 19.7 Å². The van der Waals surface area contributed by atoms with Crippen molar-refractivity contribution in [1.29, 1.82) is 0 Å². The lowest BCUT2D eigenvalue weighted by Gasteiger charge is -2.22. The Morgan fingerprint density at radius 3 is 2.75 bits per heavy atom. The molecule has 0 spiro atoms. The van der Waals surface area contributed by atoms with Crippen LogP contribution in [0.25, 0.3) is 0 Å². The zero-order valence-corrected chi connectivity index (χ0v) is 9.35. The molecule has 3 atom stereocenters. The summed E-state index contributed by atoms with van der Waals surface area (Å²) in [5.41, 5.74) is -1.15. The van der Waals surface area contributed by atoms with Gasteiger partial charge in [0.25, 0.3) is 0 Å². The molecular formula is C10H19NO5. The van der Waals surface area contributed by atoms with Crippen molar-refractivity contribution >= 4 is 5.97 Å². The van der Waals surface area contributed by atoms with Gasteiger partial charge in [0.1, 0.15) is 0 Å². The van der Waals surface area contributed by atoms with Gasteiger partial charge in [0.05, 0.1) is 18.3 Å². The van der Waals surface area contributed by atoms with Crippen LogP contribution in [0.4, 0.5) is 0 Å². The van der Waals surface area contributed by atoms with Crippen LogP contribution < -0.4 is 5.32 Å². The molecule has 1 saturated heterocycles. The molecule has 0 aromatic heterocycles.